The van der Waals surface area contributed by atoms with Gasteiger partial charge in [0.2, 0.25) is 5.91 Å². The Bertz CT molecular complexity index is 557. The van der Waals surface area contributed by atoms with Gasteiger partial charge in [0.15, 0.2) is 9.84 Å². The molecule has 0 aliphatic rings. The van der Waals surface area contributed by atoms with E-state index in [2.05, 4.69) is 10.6 Å². The lowest BCUT2D eigenvalue weighted by Gasteiger charge is -2.20. The normalized spacial score (nSPS) is 12.2. The third-order valence-corrected chi connectivity index (χ3v) is 3.75. The van der Waals surface area contributed by atoms with Gasteiger partial charge in [0.05, 0.1) is 11.4 Å². The summed E-state index contributed by atoms with van der Waals surface area (Å²) in [5.41, 5.74) is 0.760. The second-order valence-corrected chi connectivity index (χ2v) is 7.81. The molecule has 0 saturated carbocycles. The monoisotopic (exact) mass is 298 g/mol. The lowest BCUT2D eigenvalue weighted by Crippen LogP contribution is -2.43. The molecule has 0 aromatic heterocycles. The van der Waals surface area contributed by atoms with Crippen LogP contribution in [0.1, 0.15) is 26.3 Å². The van der Waals surface area contributed by atoms with Gasteiger partial charge >= 0.3 is 0 Å². The summed E-state index contributed by atoms with van der Waals surface area (Å²) in [6, 6.07) is 6.50. The maximum Gasteiger partial charge on any atom is 0.234 e. The van der Waals surface area contributed by atoms with Crippen LogP contribution in [0.5, 0.6) is 0 Å². The minimum atomic E-state index is -3.17. The van der Waals surface area contributed by atoms with Crippen LogP contribution in [0.25, 0.3) is 0 Å². The molecular formula is C14H22N2O3S. The molecule has 0 atom stereocenters. The van der Waals surface area contributed by atoms with Crippen molar-refractivity contribution in [1.29, 1.82) is 0 Å². The number of benzene rings is 1. The van der Waals surface area contributed by atoms with E-state index in [-0.39, 0.29) is 22.9 Å². The van der Waals surface area contributed by atoms with Crippen LogP contribution in [0.2, 0.25) is 0 Å². The van der Waals surface area contributed by atoms with Crippen LogP contribution in [0.15, 0.2) is 29.2 Å². The smallest absolute Gasteiger partial charge is 0.234 e. The number of rotatable bonds is 5. The molecule has 0 aliphatic heterocycles. The molecule has 112 valence electrons. The van der Waals surface area contributed by atoms with Crippen molar-refractivity contribution < 1.29 is 13.2 Å². The fourth-order valence-electron chi connectivity index (χ4n) is 1.46. The molecule has 5 nitrogen and oxygen atoms in total. The molecule has 2 N–H and O–H groups in total. The minimum Gasteiger partial charge on any atom is -0.351 e. The number of hydrogen-bond donors (Lipinski definition) is 2. The van der Waals surface area contributed by atoms with Crippen molar-refractivity contribution in [1.82, 2.24) is 10.6 Å². The molecule has 1 amide bonds. The Morgan fingerprint density at radius 2 is 1.70 bits per heavy atom. The summed E-state index contributed by atoms with van der Waals surface area (Å²) in [4.78, 5) is 11.9. The van der Waals surface area contributed by atoms with Crippen molar-refractivity contribution in [3.05, 3.63) is 29.8 Å². The van der Waals surface area contributed by atoms with Crippen molar-refractivity contribution in [2.75, 3.05) is 12.8 Å². The first kappa shape index (κ1) is 16.7. The molecule has 1 rings (SSSR count). The SMILES string of the molecule is CC(C)(C)NCC(=O)NCc1ccc(S(C)(=O)=O)cc1. The summed E-state index contributed by atoms with van der Waals surface area (Å²) in [5, 5.41) is 5.87. The molecule has 1 aromatic carbocycles. The van der Waals surface area contributed by atoms with E-state index in [0.717, 1.165) is 5.56 Å². The fourth-order valence-corrected chi connectivity index (χ4v) is 2.09. The standard InChI is InChI=1S/C14H22N2O3S/c1-14(2,3)16-10-13(17)15-9-11-5-7-12(8-6-11)20(4,18)19/h5-8,16H,9-10H2,1-4H3,(H,15,17). The van der Waals surface area contributed by atoms with E-state index in [9.17, 15) is 13.2 Å². The molecule has 6 heteroatoms. The Labute approximate surface area is 120 Å². The number of amides is 1. The molecule has 0 unspecified atom stereocenters. The first-order valence-electron chi connectivity index (χ1n) is 6.39. The number of nitrogens with one attached hydrogen (secondary N) is 2. The summed E-state index contributed by atoms with van der Waals surface area (Å²) in [6.07, 6.45) is 1.17. The average molecular weight is 298 g/mol. The van der Waals surface area contributed by atoms with Gasteiger partial charge in [-0.3, -0.25) is 4.79 Å². The van der Waals surface area contributed by atoms with Crippen molar-refractivity contribution in [2.45, 2.75) is 37.8 Å². The number of hydrogen-bond acceptors (Lipinski definition) is 4. The average Bonchev–Trinajstić information content (AvgIpc) is 2.32. The highest BCUT2D eigenvalue weighted by Crippen LogP contribution is 2.10. The van der Waals surface area contributed by atoms with Gasteiger partial charge in [-0.2, -0.15) is 0 Å². The maximum atomic E-state index is 11.6. The highest BCUT2D eigenvalue weighted by molar-refractivity contribution is 7.90. The molecule has 0 radical (unpaired) electrons. The Morgan fingerprint density at radius 1 is 1.15 bits per heavy atom. The lowest BCUT2D eigenvalue weighted by atomic mass is 10.1. The van der Waals surface area contributed by atoms with Crippen molar-refractivity contribution >= 4 is 15.7 Å². The zero-order chi connectivity index (χ0) is 15.4. The van der Waals surface area contributed by atoms with Gasteiger partial charge in [-0.15, -0.1) is 0 Å². The van der Waals surface area contributed by atoms with E-state index < -0.39 is 9.84 Å². The number of carbonyl (C=O) groups is 1. The van der Waals surface area contributed by atoms with Crippen LogP contribution in [-0.4, -0.2) is 32.7 Å². The van der Waals surface area contributed by atoms with E-state index >= 15 is 0 Å². The summed E-state index contributed by atoms with van der Waals surface area (Å²) in [6.45, 7) is 6.61. The van der Waals surface area contributed by atoms with E-state index in [1.165, 1.54) is 6.26 Å². The zero-order valence-corrected chi connectivity index (χ0v) is 13.2. The van der Waals surface area contributed by atoms with Gasteiger partial charge in [-0.25, -0.2) is 8.42 Å². The molecule has 0 aliphatic carbocycles. The van der Waals surface area contributed by atoms with Crippen molar-refractivity contribution in [3.8, 4) is 0 Å². The quantitative estimate of drug-likeness (QED) is 0.853. The zero-order valence-electron chi connectivity index (χ0n) is 12.4. The highest BCUT2D eigenvalue weighted by Gasteiger charge is 2.11. The van der Waals surface area contributed by atoms with Crippen LogP contribution in [0, 0.1) is 0 Å². The summed E-state index contributed by atoms with van der Waals surface area (Å²) < 4.78 is 22.6. The molecule has 0 bridgehead atoms. The van der Waals surface area contributed by atoms with Crippen LogP contribution < -0.4 is 10.6 Å². The first-order chi connectivity index (χ1) is 9.08. The Kier molecular flexibility index (Phi) is 5.30. The first-order valence-corrected chi connectivity index (χ1v) is 8.28. The molecule has 0 fully saturated rings. The minimum absolute atomic E-state index is 0.0906. The molecule has 0 spiro atoms. The van der Waals surface area contributed by atoms with Gasteiger partial charge in [-0.1, -0.05) is 12.1 Å². The summed E-state index contributed by atoms with van der Waals surface area (Å²) in [5.74, 6) is -0.0906. The Hall–Kier alpha value is -1.40. The largest absolute Gasteiger partial charge is 0.351 e. The molecule has 1 aromatic rings. The second-order valence-electron chi connectivity index (χ2n) is 5.80. The van der Waals surface area contributed by atoms with Gasteiger partial charge in [0, 0.05) is 18.3 Å². The van der Waals surface area contributed by atoms with Crippen LogP contribution in [0.3, 0.4) is 0 Å². The van der Waals surface area contributed by atoms with E-state index in [0.29, 0.717) is 6.54 Å². The van der Waals surface area contributed by atoms with Crippen molar-refractivity contribution in [3.63, 3.8) is 0 Å². The van der Waals surface area contributed by atoms with E-state index in [1.807, 2.05) is 20.8 Å². The van der Waals surface area contributed by atoms with E-state index in [1.54, 1.807) is 24.3 Å². The molecular weight excluding hydrogens is 276 g/mol. The lowest BCUT2D eigenvalue weighted by molar-refractivity contribution is -0.120. The third kappa shape index (κ3) is 6.16. The van der Waals surface area contributed by atoms with Crippen LogP contribution in [-0.2, 0) is 21.2 Å². The number of carbonyl (C=O) groups excluding carboxylic acids is 1. The van der Waals surface area contributed by atoms with Crippen LogP contribution in [0.4, 0.5) is 0 Å². The van der Waals surface area contributed by atoms with E-state index in [4.69, 9.17) is 0 Å². The predicted octanol–water partition coefficient (Wildman–Crippen LogP) is 1.09. The topological polar surface area (TPSA) is 75.3 Å². The summed E-state index contributed by atoms with van der Waals surface area (Å²) >= 11 is 0. The molecule has 0 saturated heterocycles. The fraction of sp³-hybridized carbons (Fsp3) is 0.500. The Balaban J connectivity index is 2.48. The maximum absolute atomic E-state index is 11.6. The van der Waals surface area contributed by atoms with Crippen molar-refractivity contribution in [2.24, 2.45) is 0 Å². The van der Waals surface area contributed by atoms with Gasteiger partial charge in [-0.05, 0) is 38.5 Å². The molecule has 20 heavy (non-hydrogen) atoms. The van der Waals surface area contributed by atoms with Gasteiger partial charge in [0.1, 0.15) is 0 Å². The third-order valence-electron chi connectivity index (χ3n) is 2.62. The van der Waals surface area contributed by atoms with Gasteiger partial charge < -0.3 is 10.6 Å². The van der Waals surface area contributed by atoms with Gasteiger partial charge in [0.25, 0.3) is 0 Å². The number of sulfone groups is 1. The molecule has 0 heterocycles. The predicted molar refractivity (Wildman–Crippen MR) is 79.2 cm³/mol. The Morgan fingerprint density at radius 3 is 2.15 bits per heavy atom. The van der Waals surface area contributed by atoms with Crippen LogP contribution >= 0.6 is 0 Å². The highest BCUT2D eigenvalue weighted by atomic mass is 32.2. The summed E-state index contributed by atoms with van der Waals surface area (Å²) in [7, 11) is -3.17. The second kappa shape index (κ2) is 6.37.